The first kappa shape index (κ1) is 20.0. The van der Waals surface area contributed by atoms with Crippen molar-refractivity contribution in [1.82, 2.24) is 9.78 Å². The fourth-order valence-electron chi connectivity index (χ4n) is 2.14. The Morgan fingerprint density at radius 3 is 2.22 bits per heavy atom. The number of nitrogens with zero attached hydrogens (tertiary/aromatic N) is 2. The molecule has 0 aliphatic heterocycles. The average Bonchev–Trinajstić information content (AvgIpc) is 2.62. The number of nitrogens with one attached hydrogen (secondary N) is 1. The first-order valence-corrected chi connectivity index (χ1v) is 10.2. The third-order valence-corrected chi connectivity index (χ3v) is 6.12. The molecular weight excluding hydrogens is 456 g/mol. The van der Waals surface area contributed by atoms with Crippen molar-refractivity contribution in [3.05, 3.63) is 79.1 Å². The highest BCUT2D eigenvalue weighted by molar-refractivity contribution is 7.92. The molecular formula is C16H9Cl4N3O3S. The van der Waals surface area contributed by atoms with Gasteiger partial charge in [-0.1, -0.05) is 46.4 Å². The monoisotopic (exact) mass is 463 g/mol. The molecule has 1 N–H and O–H groups in total. The van der Waals surface area contributed by atoms with E-state index in [4.69, 9.17) is 46.4 Å². The Balaban J connectivity index is 1.93. The highest BCUT2D eigenvalue weighted by Gasteiger charge is 2.17. The van der Waals surface area contributed by atoms with Gasteiger partial charge in [0.25, 0.3) is 15.6 Å². The van der Waals surface area contributed by atoms with Gasteiger partial charge in [-0.15, -0.1) is 0 Å². The summed E-state index contributed by atoms with van der Waals surface area (Å²) in [7, 11) is -3.91. The van der Waals surface area contributed by atoms with Crippen LogP contribution in [0, 0.1) is 0 Å². The van der Waals surface area contributed by atoms with Crippen molar-refractivity contribution in [3.63, 3.8) is 0 Å². The molecule has 0 spiro atoms. The summed E-state index contributed by atoms with van der Waals surface area (Å²) in [5.41, 5.74) is -0.111. The second kappa shape index (κ2) is 7.69. The predicted octanol–water partition coefficient (Wildman–Crippen LogP) is 4.65. The van der Waals surface area contributed by atoms with Crippen LogP contribution in [0.5, 0.6) is 0 Å². The van der Waals surface area contributed by atoms with E-state index in [9.17, 15) is 13.2 Å². The second-order valence-corrected chi connectivity index (χ2v) is 8.56. The Morgan fingerprint density at radius 2 is 1.59 bits per heavy atom. The van der Waals surface area contributed by atoms with Crippen molar-refractivity contribution >= 4 is 62.1 Å². The van der Waals surface area contributed by atoms with Crippen molar-refractivity contribution in [3.8, 4) is 5.69 Å². The third-order valence-electron chi connectivity index (χ3n) is 3.44. The fraction of sp³-hybridized carbons (Fsp3) is 0. The Kier molecular flexibility index (Phi) is 5.69. The molecule has 140 valence electrons. The van der Waals surface area contributed by atoms with E-state index in [1.807, 2.05) is 0 Å². The maximum Gasteiger partial charge on any atom is 0.291 e. The summed E-state index contributed by atoms with van der Waals surface area (Å²) in [6.07, 6.45) is 1.22. The van der Waals surface area contributed by atoms with Crippen molar-refractivity contribution in [1.29, 1.82) is 0 Å². The van der Waals surface area contributed by atoms with Crippen LogP contribution in [0.1, 0.15) is 0 Å². The first-order valence-electron chi connectivity index (χ1n) is 7.21. The molecule has 0 aliphatic carbocycles. The lowest BCUT2D eigenvalue weighted by molar-refractivity contribution is 0.601. The molecule has 0 radical (unpaired) electrons. The van der Waals surface area contributed by atoms with Crippen LogP contribution < -0.4 is 10.3 Å². The molecule has 0 unspecified atom stereocenters. The number of halogens is 4. The van der Waals surface area contributed by atoms with Gasteiger partial charge in [-0.3, -0.25) is 9.52 Å². The maximum absolute atomic E-state index is 12.5. The van der Waals surface area contributed by atoms with Crippen molar-refractivity contribution in [2.75, 3.05) is 4.72 Å². The highest BCUT2D eigenvalue weighted by Crippen LogP contribution is 2.27. The van der Waals surface area contributed by atoms with Gasteiger partial charge >= 0.3 is 0 Å². The van der Waals surface area contributed by atoms with E-state index in [-0.39, 0.29) is 25.7 Å². The van der Waals surface area contributed by atoms with Gasteiger partial charge in [-0.25, -0.2) is 8.42 Å². The van der Waals surface area contributed by atoms with Crippen LogP contribution in [0.3, 0.4) is 0 Å². The lowest BCUT2D eigenvalue weighted by Gasteiger charge is -2.11. The third kappa shape index (κ3) is 4.23. The lowest BCUT2D eigenvalue weighted by atomic mass is 10.3. The molecule has 3 aromatic rings. The number of benzene rings is 2. The van der Waals surface area contributed by atoms with E-state index in [0.717, 1.165) is 4.68 Å². The molecule has 0 amide bonds. The van der Waals surface area contributed by atoms with Crippen LogP contribution in [0.15, 0.2) is 58.4 Å². The number of hydrogen-bond acceptors (Lipinski definition) is 4. The zero-order chi connectivity index (χ0) is 19.8. The average molecular weight is 465 g/mol. The second-order valence-electron chi connectivity index (χ2n) is 5.25. The maximum atomic E-state index is 12.5. The SMILES string of the molecule is O=c1c(Cl)c(Cl)cnn1-c1ccc(S(=O)(=O)Nc2ccc(Cl)cc2Cl)cc1. The Morgan fingerprint density at radius 1 is 0.926 bits per heavy atom. The molecule has 0 fully saturated rings. The highest BCUT2D eigenvalue weighted by atomic mass is 35.5. The topological polar surface area (TPSA) is 81.1 Å². The fourth-order valence-corrected chi connectivity index (χ4v) is 3.98. The summed E-state index contributed by atoms with van der Waals surface area (Å²) in [6, 6.07) is 9.85. The summed E-state index contributed by atoms with van der Waals surface area (Å²) < 4.78 is 28.4. The smallest absolute Gasteiger partial charge is 0.278 e. The molecule has 0 saturated heterocycles. The molecule has 1 heterocycles. The summed E-state index contributed by atoms with van der Waals surface area (Å²) in [5, 5.41) is 4.27. The van der Waals surface area contributed by atoms with E-state index >= 15 is 0 Å². The van der Waals surface area contributed by atoms with Gasteiger partial charge in [-0.2, -0.15) is 9.78 Å². The van der Waals surface area contributed by atoms with Crippen LogP contribution in [0.25, 0.3) is 5.69 Å². The number of rotatable bonds is 4. The van der Waals surface area contributed by atoms with Crippen LogP contribution in [-0.4, -0.2) is 18.2 Å². The van der Waals surface area contributed by atoms with Crippen LogP contribution in [-0.2, 0) is 10.0 Å². The quantitative estimate of drug-likeness (QED) is 0.609. The van der Waals surface area contributed by atoms with Gasteiger partial charge in [-0.05, 0) is 42.5 Å². The molecule has 2 aromatic carbocycles. The van der Waals surface area contributed by atoms with Crippen molar-refractivity contribution in [2.45, 2.75) is 4.90 Å². The molecule has 27 heavy (non-hydrogen) atoms. The standard InChI is InChI=1S/C16H9Cl4N3O3S/c17-9-1-6-14(12(18)7-9)22-27(25,26)11-4-2-10(3-5-11)23-16(24)15(20)13(19)8-21-23/h1-8,22H. The molecule has 0 atom stereocenters. The lowest BCUT2D eigenvalue weighted by Crippen LogP contribution is -2.21. The Hall–Kier alpha value is -1.77. The van der Waals surface area contributed by atoms with Gasteiger partial charge in [0.1, 0.15) is 5.02 Å². The summed E-state index contributed by atoms with van der Waals surface area (Å²) in [5.74, 6) is 0. The minimum atomic E-state index is -3.91. The minimum Gasteiger partial charge on any atom is -0.278 e. The van der Waals surface area contributed by atoms with E-state index in [2.05, 4.69) is 9.82 Å². The predicted molar refractivity (Wildman–Crippen MR) is 107 cm³/mol. The van der Waals surface area contributed by atoms with E-state index in [1.54, 1.807) is 0 Å². The van der Waals surface area contributed by atoms with Gasteiger partial charge in [0.05, 0.1) is 32.5 Å². The van der Waals surface area contributed by atoms with Crippen LogP contribution >= 0.6 is 46.4 Å². The van der Waals surface area contributed by atoms with Crippen LogP contribution in [0.4, 0.5) is 5.69 Å². The molecule has 6 nitrogen and oxygen atoms in total. The Labute approximate surface area is 174 Å². The van der Waals surface area contributed by atoms with Gasteiger partial charge in [0.2, 0.25) is 0 Å². The molecule has 11 heteroatoms. The largest absolute Gasteiger partial charge is 0.291 e. The summed E-state index contributed by atoms with van der Waals surface area (Å²) in [4.78, 5) is 12.1. The van der Waals surface area contributed by atoms with E-state index < -0.39 is 15.6 Å². The normalized spacial score (nSPS) is 11.4. The minimum absolute atomic E-state index is 0.0288. The van der Waals surface area contributed by atoms with E-state index in [1.165, 1.54) is 48.7 Å². The molecule has 0 bridgehead atoms. The molecule has 0 aliphatic rings. The van der Waals surface area contributed by atoms with Gasteiger partial charge < -0.3 is 0 Å². The zero-order valence-electron chi connectivity index (χ0n) is 13.2. The van der Waals surface area contributed by atoms with Gasteiger partial charge in [0.15, 0.2) is 0 Å². The zero-order valence-corrected chi connectivity index (χ0v) is 17.0. The van der Waals surface area contributed by atoms with Crippen molar-refractivity contribution in [2.24, 2.45) is 0 Å². The number of anilines is 1. The van der Waals surface area contributed by atoms with E-state index in [0.29, 0.717) is 10.7 Å². The summed E-state index contributed by atoms with van der Waals surface area (Å²) in [6.45, 7) is 0. The van der Waals surface area contributed by atoms with Crippen molar-refractivity contribution < 1.29 is 8.42 Å². The molecule has 3 rings (SSSR count). The van der Waals surface area contributed by atoms with Gasteiger partial charge in [0, 0.05) is 5.02 Å². The van der Waals surface area contributed by atoms with Crippen LogP contribution in [0.2, 0.25) is 20.1 Å². The molecule has 1 aromatic heterocycles. The number of sulfonamides is 1. The number of aromatic nitrogens is 2. The Bertz CT molecular complexity index is 1180. The molecule has 0 saturated carbocycles. The number of hydrogen-bond donors (Lipinski definition) is 1. The first-order chi connectivity index (χ1) is 12.7. The summed E-state index contributed by atoms with van der Waals surface area (Å²) >= 11 is 23.4.